The van der Waals surface area contributed by atoms with Gasteiger partial charge in [-0.25, -0.2) is 13.2 Å². The van der Waals surface area contributed by atoms with Crippen LogP contribution in [0.5, 0.6) is 0 Å². The number of rotatable bonds is 4. The van der Waals surface area contributed by atoms with Gasteiger partial charge in [-0.15, -0.1) is 0 Å². The number of carbonyl (C=O) groups excluding carboxylic acids is 2. The maximum atomic E-state index is 13.7. The largest absolute Gasteiger partial charge is 0.322 e. The maximum Gasteiger partial charge on any atom is 0.261 e. The maximum absolute atomic E-state index is 13.7. The third-order valence-electron chi connectivity index (χ3n) is 4.73. The zero-order chi connectivity index (χ0) is 19.6. The number of hydrogen-bond donors (Lipinski definition) is 1. The van der Waals surface area contributed by atoms with Crippen LogP contribution in [0.3, 0.4) is 0 Å². The number of carbonyl (C=O) groups is 2. The first-order valence-electron chi connectivity index (χ1n) is 8.64. The molecule has 2 aromatic carbocycles. The van der Waals surface area contributed by atoms with Crippen LogP contribution >= 0.6 is 0 Å². The average molecular weight is 376 g/mol. The molecule has 27 heavy (non-hydrogen) atoms. The molecule has 3 rings (SSSR count). The van der Waals surface area contributed by atoms with Crippen molar-refractivity contribution >= 4 is 17.4 Å². The van der Waals surface area contributed by atoms with Gasteiger partial charge >= 0.3 is 0 Å². The van der Waals surface area contributed by atoms with E-state index in [0.717, 1.165) is 25.9 Å². The Balaban J connectivity index is 1.76. The molecule has 1 saturated heterocycles. The molecule has 0 unspecified atom stereocenters. The second-order valence-corrected chi connectivity index (χ2v) is 6.72. The van der Waals surface area contributed by atoms with Crippen LogP contribution in [-0.4, -0.2) is 36.7 Å². The van der Waals surface area contributed by atoms with Gasteiger partial charge in [-0.1, -0.05) is 12.1 Å². The molecule has 0 atom stereocenters. The summed E-state index contributed by atoms with van der Waals surface area (Å²) in [4.78, 5) is 27.0. The summed E-state index contributed by atoms with van der Waals surface area (Å²) >= 11 is 0. The number of nitrogens with zero attached hydrogens (tertiary/aromatic N) is 1. The predicted octanol–water partition coefficient (Wildman–Crippen LogP) is 3.88. The van der Waals surface area contributed by atoms with Gasteiger partial charge in [0.25, 0.3) is 5.91 Å². The van der Waals surface area contributed by atoms with Crippen LogP contribution in [0, 0.1) is 23.4 Å². The Morgan fingerprint density at radius 2 is 1.67 bits per heavy atom. The van der Waals surface area contributed by atoms with Crippen molar-refractivity contribution in [2.24, 2.45) is 5.92 Å². The van der Waals surface area contributed by atoms with Crippen molar-refractivity contribution in [3.05, 3.63) is 65.0 Å². The van der Waals surface area contributed by atoms with E-state index in [0.29, 0.717) is 17.7 Å². The first-order chi connectivity index (χ1) is 12.8. The molecular weight excluding hydrogens is 357 g/mol. The highest BCUT2D eigenvalue weighted by Gasteiger charge is 2.25. The van der Waals surface area contributed by atoms with Crippen molar-refractivity contribution < 1.29 is 22.8 Å². The van der Waals surface area contributed by atoms with Gasteiger partial charge in [-0.2, -0.15) is 0 Å². The SMILES string of the molecule is CN1CCC(C(=O)c2cccc(NC(=O)c3c(F)cc(F)cc3F)c2)CC1. The van der Waals surface area contributed by atoms with E-state index in [1.807, 2.05) is 7.05 Å². The van der Waals surface area contributed by atoms with E-state index in [-0.39, 0.29) is 17.4 Å². The molecule has 0 aromatic heterocycles. The number of benzene rings is 2. The Bertz CT molecular complexity index is 854. The van der Waals surface area contributed by atoms with Crippen LogP contribution in [-0.2, 0) is 0 Å². The summed E-state index contributed by atoms with van der Waals surface area (Å²) in [6.07, 6.45) is 1.52. The molecule has 0 spiro atoms. The molecule has 0 aliphatic carbocycles. The van der Waals surface area contributed by atoms with Crippen molar-refractivity contribution in [2.75, 3.05) is 25.5 Å². The standard InChI is InChI=1S/C20H19F3N2O2/c1-25-7-5-12(6-8-25)19(26)13-3-2-4-15(9-13)24-20(27)18-16(22)10-14(21)11-17(18)23/h2-4,9-12H,5-8H2,1H3,(H,24,27). The van der Waals surface area contributed by atoms with Crippen LogP contribution in [0.2, 0.25) is 0 Å². The van der Waals surface area contributed by atoms with Crippen LogP contribution in [0.25, 0.3) is 0 Å². The fourth-order valence-electron chi connectivity index (χ4n) is 3.21. The number of likely N-dealkylation sites (tertiary alicyclic amines) is 1. The summed E-state index contributed by atoms with van der Waals surface area (Å²) < 4.78 is 40.5. The Kier molecular flexibility index (Phi) is 5.60. The fourth-order valence-corrected chi connectivity index (χ4v) is 3.21. The molecule has 1 amide bonds. The third-order valence-corrected chi connectivity index (χ3v) is 4.73. The van der Waals surface area contributed by atoms with Gasteiger partial charge in [-0.3, -0.25) is 9.59 Å². The van der Waals surface area contributed by atoms with Crippen molar-refractivity contribution in [1.82, 2.24) is 4.90 Å². The minimum absolute atomic E-state index is 0.0154. The second-order valence-electron chi connectivity index (χ2n) is 6.72. The summed E-state index contributed by atoms with van der Waals surface area (Å²) in [5.41, 5.74) is -0.201. The summed E-state index contributed by atoms with van der Waals surface area (Å²) in [5.74, 6) is -4.83. The number of hydrogen-bond acceptors (Lipinski definition) is 3. The molecule has 1 fully saturated rings. The lowest BCUT2D eigenvalue weighted by Gasteiger charge is -2.28. The number of Topliss-reactive ketones (excluding diaryl/α,β-unsaturated/α-hetero) is 1. The fraction of sp³-hybridized carbons (Fsp3) is 0.300. The van der Waals surface area contributed by atoms with E-state index >= 15 is 0 Å². The van der Waals surface area contributed by atoms with Crippen LogP contribution in [0.15, 0.2) is 36.4 Å². The molecule has 142 valence electrons. The molecule has 1 N–H and O–H groups in total. The van der Waals surface area contributed by atoms with Gasteiger partial charge in [0.15, 0.2) is 5.78 Å². The smallest absolute Gasteiger partial charge is 0.261 e. The Hall–Kier alpha value is -2.67. The monoisotopic (exact) mass is 376 g/mol. The Labute approximate surface area is 155 Å². The number of ketones is 1. The van der Waals surface area contributed by atoms with Crippen molar-refractivity contribution in [1.29, 1.82) is 0 Å². The minimum atomic E-state index is -1.29. The van der Waals surface area contributed by atoms with Gasteiger partial charge in [-0.05, 0) is 45.1 Å². The average Bonchev–Trinajstić information content (AvgIpc) is 2.61. The lowest BCUT2D eigenvalue weighted by atomic mass is 9.89. The van der Waals surface area contributed by atoms with Crippen molar-refractivity contribution in [3.63, 3.8) is 0 Å². The Morgan fingerprint density at radius 3 is 2.30 bits per heavy atom. The molecule has 0 saturated carbocycles. The zero-order valence-electron chi connectivity index (χ0n) is 14.8. The molecule has 1 aliphatic heterocycles. The first kappa shape index (κ1) is 19.1. The number of halogens is 3. The highest BCUT2D eigenvalue weighted by atomic mass is 19.1. The van der Waals surface area contributed by atoms with Gasteiger partial charge in [0.05, 0.1) is 0 Å². The molecule has 0 bridgehead atoms. The zero-order valence-corrected chi connectivity index (χ0v) is 14.8. The summed E-state index contributed by atoms with van der Waals surface area (Å²) in [5, 5.41) is 2.36. The van der Waals surface area contributed by atoms with Crippen LogP contribution < -0.4 is 5.32 Å². The van der Waals surface area contributed by atoms with Gasteiger partial charge in [0, 0.05) is 29.3 Å². The number of nitrogens with one attached hydrogen (secondary N) is 1. The normalized spacial score (nSPS) is 15.6. The van der Waals surface area contributed by atoms with E-state index in [1.54, 1.807) is 12.1 Å². The molecule has 2 aromatic rings. The van der Waals surface area contributed by atoms with Crippen molar-refractivity contribution in [3.8, 4) is 0 Å². The molecule has 4 nitrogen and oxygen atoms in total. The van der Waals surface area contributed by atoms with Crippen LogP contribution in [0.4, 0.5) is 18.9 Å². The number of amides is 1. The highest BCUT2D eigenvalue weighted by Crippen LogP contribution is 2.23. The Morgan fingerprint density at radius 1 is 1.04 bits per heavy atom. The van der Waals surface area contributed by atoms with E-state index in [4.69, 9.17) is 0 Å². The van der Waals surface area contributed by atoms with E-state index < -0.39 is 28.9 Å². The summed E-state index contributed by atoms with van der Waals surface area (Å²) in [6, 6.07) is 7.13. The van der Waals surface area contributed by atoms with Crippen LogP contribution in [0.1, 0.15) is 33.6 Å². The number of anilines is 1. The molecule has 0 radical (unpaired) electrons. The van der Waals surface area contributed by atoms with Crippen molar-refractivity contribution in [2.45, 2.75) is 12.8 Å². The molecule has 1 heterocycles. The summed E-state index contributed by atoms with van der Waals surface area (Å²) in [6.45, 7) is 1.69. The lowest BCUT2D eigenvalue weighted by molar-refractivity contribution is 0.0856. The quantitative estimate of drug-likeness (QED) is 0.824. The van der Waals surface area contributed by atoms with E-state index in [2.05, 4.69) is 10.2 Å². The second kappa shape index (κ2) is 7.92. The van der Waals surface area contributed by atoms with E-state index in [9.17, 15) is 22.8 Å². The minimum Gasteiger partial charge on any atom is -0.322 e. The van der Waals surface area contributed by atoms with E-state index in [1.165, 1.54) is 12.1 Å². The highest BCUT2D eigenvalue weighted by molar-refractivity contribution is 6.05. The molecular formula is C20H19F3N2O2. The lowest BCUT2D eigenvalue weighted by Crippen LogP contribution is -2.33. The topological polar surface area (TPSA) is 49.4 Å². The van der Waals surface area contributed by atoms with Gasteiger partial charge < -0.3 is 10.2 Å². The van der Waals surface area contributed by atoms with Gasteiger partial charge in [0.1, 0.15) is 23.0 Å². The first-order valence-corrected chi connectivity index (χ1v) is 8.64. The molecule has 1 aliphatic rings. The summed E-state index contributed by atoms with van der Waals surface area (Å²) in [7, 11) is 2.00. The van der Waals surface area contributed by atoms with Gasteiger partial charge in [0.2, 0.25) is 0 Å². The predicted molar refractivity (Wildman–Crippen MR) is 95.3 cm³/mol. The number of piperidine rings is 1. The third kappa shape index (κ3) is 4.36. The molecule has 7 heteroatoms.